The van der Waals surface area contributed by atoms with E-state index in [0.717, 1.165) is 16.8 Å². The molecule has 134 valence electrons. The predicted octanol–water partition coefficient (Wildman–Crippen LogP) is 1.77. The van der Waals surface area contributed by atoms with Gasteiger partial charge in [0, 0.05) is 24.2 Å². The zero-order valence-corrected chi connectivity index (χ0v) is 15.3. The van der Waals surface area contributed by atoms with Gasteiger partial charge in [0.15, 0.2) is 21.5 Å². The molecule has 0 radical (unpaired) electrons. The summed E-state index contributed by atoms with van der Waals surface area (Å²) in [6, 6.07) is 3.54. The van der Waals surface area contributed by atoms with Crippen LogP contribution in [0.4, 0.5) is 0 Å². The molecule has 1 aliphatic rings. The maximum Gasteiger partial charge on any atom is 0.162 e. The van der Waals surface area contributed by atoms with Gasteiger partial charge in [-0.25, -0.2) is 28.1 Å². The Bertz CT molecular complexity index is 1060. The van der Waals surface area contributed by atoms with Gasteiger partial charge in [0.25, 0.3) is 0 Å². The summed E-state index contributed by atoms with van der Waals surface area (Å²) < 4.78 is 25.4. The number of rotatable bonds is 3. The molecule has 0 amide bonds. The second-order valence-electron chi connectivity index (χ2n) is 6.42. The van der Waals surface area contributed by atoms with E-state index in [-0.39, 0.29) is 17.5 Å². The van der Waals surface area contributed by atoms with Crippen molar-refractivity contribution in [2.75, 3.05) is 11.5 Å². The lowest BCUT2D eigenvalue weighted by molar-refractivity contribution is 0.501. The summed E-state index contributed by atoms with van der Waals surface area (Å²) in [6.45, 7) is 3.68. The molecule has 0 spiro atoms. The van der Waals surface area contributed by atoms with Gasteiger partial charge >= 0.3 is 0 Å². The summed E-state index contributed by atoms with van der Waals surface area (Å²) in [5.74, 6) is 2.08. The van der Waals surface area contributed by atoms with Crippen molar-refractivity contribution in [1.29, 1.82) is 0 Å². The first-order valence-electron chi connectivity index (χ1n) is 8.31. The minimum absolute atomic E-state index is 0.0937. The van der Waals surface area contributed by atoms with E-state index in [1.165, 1.54) is 0 Å². The van der Waals surface area contributed by atoms with Crippen molar-refractivity contribution >= 4 is 9.84 Å². The second-order valence-corrected chi connectivity index (χ2v) is 8.65. The lowest BCUT2D eigenvalue weighted by atomic mass is 10.2. The number of pyridine rings is 1. The summed E-state index contributed by atoms with van der Waals surface area (Å²) in [7, 11) is -3.01. The summed E-state index contributed by atoms with van der Waals surface area (Å²) in [6.07, 6.45) is 5.68. The topological polar surface area (TPSA) is 104 Å². The van der Waals surface area contributed by atoms with Gasteiger partial charge in [-0.3, -0.25) is 4.98 Å². The highest BCUT2D eigenvalue weighted by atomic mass is 32.2. The Morgan fingerprint density at radius 1 is 1.19 bits per heavy atom. The van der Waals surface area contributed by atoms with Crippen LogP contribution in [0, 0.1) is 13.8 Å². The predicted molar refractivity (Wildman–Crippen MR) is 96.1 cm³/mol. The third kappa shape index (κ3) is 3.10. The van der Waals surface area contributed by atoms with Crippen LogP contribution in [0.15, 0.2) is 30.7 Å². The van der Waals surface area contributed by atoms with E-state index < -0.39 is 9.84 Å². The highest BCUT2D eigenvalue weighted by molar-refractivity contribution is 7.91. The molecule has 1 saturated heterocycles. The lowest BCUT2D eigenvalue weighted by Crippen LogP contribution is -2.14. The number of hydrogen-bond donors (Lipinski definition) is 0. The quantitative estimate of drug-likeness (QED) is 0.692. The molecule has 4 heterocycles. The molecule has 0 saturated carbocycles. The van der Waals surface area contributed by atoms with Gasteiger partial charge in [-0.1, -0.05) is 0 Å². The number of aryl methyl sites for hydroxylation is 2. The molecule has 9 heteroatoms. The maximum atomic E-state index is 11.8. The smallest absolute Gasteiger partial charge is 0.162 e. The van der Waals surface area contributed by atoms with Crippen molar-refractivity contribution in [2.45, 2.75) is 26.3 Å². The largest absolute Gasteiger partial charge is 0.264 e. The molecule has 0 bridgehead atoms. The maximum absolute atomic E-state index is 11.8. The fourth-order valence-corrected chi connectivity index (χ4v) is 4.85. The Morgan fingerprint density at radius 2 is 2.04 bits per heavy atom. The van der Waals surface area contributed by atoms with Gasteiger partial charge in [-0.15, -0.1) is 0 Å². The number of sulfone groups is 1. The average Bonchev–Trinajstić information content (AvgIpc) is 3.17. The van der Waals surface area contributed by atoms with Gasteiger partial charge in [0.1, 0.15) is 5.82 Å². The first-order chi connectivity index (χ1) is 12.4. The second kappa shape index (κ2) is 6.24. The van der Waals surface area contributed by atoms with E-state index in [2.05, 4.69) is 25.0 Å². The molecule has 1 fully saturated rings. The highest BCUT2D eigenvalue weighted by Gasteiger charge is 2.32. The molecule has 26 heavy (non-hydrogen) atoms. The first kappa shape index (κ1) is 16.8. The van der Waals surface area contributed by atoms with Crippen molar-refractivity contribution in [3.8, 4) is 22.8 Å². The van der Waals surface area contributed by atoms with E-state index in [1.54, 1.807) is 30.2 Å². The zero-order chi connectivity index (χ0) is 18.3. The lowest BCUT2D eigenvalue weighted by Gasteiger charge is -2.13. The molecular weight excluding hydrogens is 352 g/mol. The van der Waals surface area contributed by atoms with Crippen LogP contribution >= 0.6 is 0 Å². The Balaban J connectivity index is 1.75. The average molecular weight is 370 g/mol. The molecule has 3 aromatic heterocycles. The van der Waals surface area contributed by atoms with Crippen molar-refractivity contribution in [2.24, 2.45) is 0 Å². The molecule has 0 aromatic carbocycles. The van der Waals surface area contributed by atoms with E-state index in [9.17, 15) is 8.42 Å². The molecule has 4 rings (SSSR count). The van der Waals surface area contributed by atoms with Crippen LogP contribution in [0.25, 0.3) is 22.8 Å². The third-order valence-corrected chi connectivity index (χ3v) is 6.18. The Hall–Kier alpha value is -2.68. The van der Waals surface area contributed by atoms with E-state index in [1.807, 2.05) is 19.1 Å². The molecule has 0 N–H and O–H groups in total. The Kier molecular flexibility index (Phi) is 4.03. The van der Waals surface area contributed by atoms with E-state index in [4.69, 9.17) is 0 Å². The fraction of sp³-hybridized carbons (Fsp3) is 0.353. The van der Waals surface area contributed by atoms with Crippen LogP contribution in [-0.2, 0) is 9.84 Å². The molecule has 8 nitrogen and oxygen atoms in total. The van der Waals surface area contributed by atoms with Crippen molar-refractivity contribution in [3.63, 3.8) is 0 Å². The summed E-state index contributed by atoms with van der Waals surface area (Å²) in [4.78, 5) is 17.6. The van der Waals surface area contributed by atoms with Crippen LogP contribution in [0.5, 0.6) is 0 Å². The van der Waals surface area contributed by atoms with Gasteiger partial charge in [0.2, 0.25) is 0 Å². The van der Waals surface area contributed by atoms with Gasteiger partial charge in [-0.05, 0) is 32.4 Å². The number of nitrogens with zero attached hydrogens (tertiary/aromatic N) is 6. The van der Waals surface area contributed by atoms with Crippen LogP contribution in [0.1, 0.15) is 24.0 Å². The SMILES string of the molecule is Cc1nc(-c2cnc(-c3cccnc3)nc2C)n([C@H]2CCS(=O)(=O)C2)n1. The molecule has 1 aliphatic heterocycles. The van der Waals surface area contributed by atoms with Gasteiger partial charge < -0.3 is 0 Å². The van der Waals surface area contributed by atoms with Crippen molar-refractivity contribution in [3.05, 3.63) is 42.2 Å². The number of hydrogen-bond acceptors (Lipinski definition) is 7. The molecule has 3 aromatic rings. The molecule has 1 atom stereocenters. The molecular formula is C17H18N6O2S. The summed E-state index contributed by atoms with van der Waals surface area (Å²) >= 11 is 0. The van der Waals surface area contributed by atoms with Crippen molar-refractivity contribution in [1.82, 2.24) is 29.7 Å². The van der Waals surface area contributed by atoms with Gasteiger partial charge in [0.05, 0.1) is 28.8 Å². The van der Waals surface area contributed by atoms with Crippen LogP contribution in [-0.4, -0.2) is 49.6 Å². The van der Waals surface area contributed by atoms with Crippen molar-refractivity contribution < 1.29 is 8.42 Å². The third-order valence-electron chi connectivity index (χ3n) is 4.43. The Labute approximate surface area is 151 Å². The molecule has 0 unspecified atom stereocenters. The fourth-order valence-electron chi connectivity index (χ4n) is 3.16. The number of aromatic nitrogens is 6. The Morgan fingerprint density at radius 3 is 2.69 bits per heavy atom. The summed E-state index contributed by atoms with van der Waals surface area (Å²) in [5, 5.41) is 4.43. The zero-order valence-electron chi connectivity index (χ0n) is 14.5. The van der Waals surface area contributed by atoms with E-state index >= 15 is 0 Å². The summed E-state index contributed by atoms with van der Waals surface area (Å²) in [5.41, 5.74) is 2.34. The first-order valence-corrected chi connectivity index (χ1v) is 10.1. The van der Waals surface area contributed by atoms with Crippen LogP contribution in [0.2, 0.25) is 0 Å². The standard InChI is InChI=1S/C17H18N6O2S/c1-11-15(9-19-16(20-11)13-4-3-6-18-8-13)17-21-12(2)22-23(17)14-5-7-26(24,25)10-14/h3-4,6,8-9,14H,5,7,10H2,1-2H3/t14-/m0/s1. The molecule has 0 aliphatic carbocycles. The normalized spacial score (nSPS) is 18.9. The van der Waals surface area contributed by atoms with E-state index in [0.29, 0.717) is 23.9 Å². The minimum Gasteiger partial charge on any atom is -0.264 e. The highest BCUT2D eigenvalue weighted by Crippen LogP contribution is 2.29. The monoisotopic (exact) mass is 370 g/mol. The van der Waals surface area contributed by atoms with Crippen LogP contribution < -0.4 is 0 Å². The van der Waals surface area contributed by atoms with Crippen LogP contribution in [0.3, 0.4) is 0 Å². The van der Waals surface area contributed by atoms with Gasteiger partial charge in [-0.2, -0.15) is 5.10 Å². The minimum atomic E-state index is -3.01.